The van der Waals surface area contributed by atoms with Gasteiger partial charge in [0.05, 0.1) is 0 Å². The molecule has 0 spiro atoms. The van der Waals surface area contributed by atoms with Crippen LogP contribution < -0.4 is 63.9 Å². The van der Waals surface area contributed by atoms with E-state index in [-0.39, 0.29) is 84.6 Å². The van der Waals surface area contributed by atoms with Gasteiger partial charge in [-0.05, 0) is 24.3 Å². The van der Waals surface area contributed by atoms with Crippen LogP contribution in [-0.2, 0) is 0 Å². The van der Waals surface area contributed by atoms with Crippen molar-refractivity contribution in [2.45, 2.75) is 0 Å². The number of hydrogen-bond donors (Lipinski definition) is 2. The summed E-state index contributed by atoms with van der Waals surface area (Å²) in [5.41, 5.74) is -0.144. The Balaban J connectivity index is -0.000001000. The van der Waals surface area contributed by atoms with Crippen LogP contribution in [0.3, 0.4) is 0 Å². The molecule has 0 fully saturated rings. The van der Waals surface area contributed by atoms with Gasteiger partial charge in [0.1, 0.15) is 22.6 Å². The third kappa shape index (κ3) is 5.14. The summed E-state index contributed by atoms with van der Waals surface area (Å²) < 4.78 is 4.99. The number of carbonyl (C=O) groups excluding carboxylic acids is 1. The van der Waals surface area contributed by atoms with E-state index in [0.717, 1.165) is 0 Å². The van der Waals surface area contributed by atoms with Crippen LogP contribution in [0.2, 0.25) is 0 Å². The zero-order chi connectivity index (χ0) is 13.8. The first-order valence-corrected chi connectivity index (χ1v) is 5.42. The number of para-hydroxylation sites is 2. The van der Waals surface area contributed by atoms with Crippen molar-refractivity contribution in [2.24, 2.45) is 0 Å². The predicted octanol–water partition coefficient (Wildman–Crippen LogP) is -3.46. The molecule has 0 amide bonds. The Morgan fingerprint density at radius 2 is 1.43 bits per heavy atom. The molecule has 0 radical (unpaired) electrons. The van der Waals surface area contributed by atoms with E-state index in [1.807, 2.05) is 0 Å². The molecule has 21 heavy (non-hydrogen) atoms. The number of aromatic carboxylic acids is 1. The van der Waals surface area contributed by atoms with Gasteiger partial charge in [-0.3, -0.25) is 0 Å². The molecule has 5 nitrogen and oxygen atoms in total. The molecule has 2 rings (SSSR count). The van der Waals surface area contributed by atoms with E-state index in [1.165, 1.54) is 30.3 Å². The van der Waals surface area contributed by atoms with Crippen molar-refractivity contribution in [2.75, 3.05) is 0 Å². The van der Waals surface area contributed by atoms with Crippen LogP contribution in [0.1, 0.15) is 23.6 Å². The number of carbonyl (C=O) groups is 2. The molecule has 0 aliphatic carbocycles. The van der Waals surface area contributed by atoms with E-state index < -0.39 is 11.9 Å². The second-order valence-corrected chi connectivity index (χ2v) is 3.71. The first kappa shape index (κ1) is 20.2. The zero-order valence-corrected chi connectivity index (χ0v) is 15.7. The summed E-state index contributed by atoms with van der Waals surface area (Å²) in [6.45, 7) is 0. The van der Waals surface area contributed by atoms with Crippen LogP contribution in [0.5, 0.6) is 11.5 Å². The number of rotatable bonds is 3. The fraction of sp³-hybridized carbons (Fsp3) is 0. The first-order valence-electron chi connectivity index (χ1n) is 5.42. The Morgan fingerprint density at radius 3 is 2.00 bits per heavy atom. The largest absolute Gasteiger partial charge is 1.00 e. The van der Waals surface area contributed by atoms with Gasteiger partial charge in [0.25, 0.3) is 0 Å². The van der Waals surface area contributed by atoms with Crippen LogP contribution in [0.4, 0.5) is 0 Å². The van der Waals surface area contributed by atoms with Gasteiger partial charge in [0.15, 0.2) is 0 Å². The van der Waals surface area contributed by atoms with Gasteiger partial charge in [0.2, 0.25) is 0 Å². The topological polar surface area (TPSA) is 83.8 Å². The van der Waals surface area contributed by atoms with E-state index in [1.54, 1.807) is 18.2 Å². The SMILES string of the molecule is O=C(Oc1ccccc1C(=O)O)c1ccccc1O.[H-].[H-].[Na+].[Na+]. The smallest absolute Gasteiger partial charge is 1.00 e. The summed E-state index contributed by atoms with van der Waals surface area (Å²) in [6.07, 6.45) is 0. The molecular weight excluding hydrogens is 294 g/mol. The zero-order valence-electron chi connectivity index (χ0n) is 13.7. The fourth-order valence-electron chi connectivity index (χ4n) is 1.53. The van der Waals surface area contributed by atoms with Gasteiger partial charge < -0.3 is 17.8 Å². The second kappa shape index (κ2) is 9.25. The van der Waals surface area contributed by atoms with E-state index >= 15 is 0 Å². The van der Waals surface area contributed by atoms with Crippen molar-refractivity contribution >= 4 is 11.9 Å². The van der Waals surface area contributed by atoms with E-state index in [0.29, 0.717) is 0 Å². The molecule has 0 saturated heterocycles. The molecule has 0 aliphatic heterocycles. The molecule has 7 heteroatoms. The monoisotopic (exact) mass is 306 g/mol. The number of phenolic OH excluding ortho intramolecular Hbond substituents is 1. The molecule has 0 unspecified atom stereocenters. The molecule has 0 bridgehead atoms. The van der Waals surface area contributed by atoms with Crippen molar-refractivity contribution in [3.05, 3.63) is 59.7 Å². The predicted molar refractivity (Wildman–Crippen MR) is 68.7 cm³/mol. The van der Waals surface area contributed by atoms with Crippen LogP contribution >= 0.6 is 0 Å². The van der Waals surface area contributed by atoms with Crippen molar-refractivity contribution in [1.82, 2.24) is 0 Å². The first-order chi connectivity index (χ1) is 9.09. The summed E-state index contributed by atoms with van der Waals surface area (Å²) >= 11 is 0. The molecule has 2 aromatic rings. The Bertz CT molecular complexity index is 653. The maximum atomic E-state index is 11.8. The Morgan fingerprint density at radius 1 is 0.905 bits per heavy atom. The minimum absolute atomic E-state index is 0. The third-order valence-corrected chi connectivity index (χ3v) is 2.44. The van der Waals surface area contributed by atoms with E-state index in [9.17, 15) is 14.7 Å². The van der Waals surface area contributed by atoms with Crippen LogP contribution in [0.15, 0.2) is 48.5 Å². The van der Waals surface area contributed by atoms with E-state index in [2.05, 4.69) is 0 Å². The number of phenols is 1. The van der Waals surface area contributed by atoms with E-state index in [4.69, 9.17) is 9.84 Å². The average molecular weight is 306 g/mol. The molecule has 100 valence electrons. The van der Waals surface area contributed by atoms with Gasteiger partial charge in [0, 0.05) is 0 Å². The molecule has 0 saturated carbocycles. The van der Waals surface area contributed by atoms with Crippen molar-refractivity contribution in [3.63, 3.8) is 0 Å². The molecule has 0 atom stereocenters. The Labute approximate surface area is 168 Å². The number of ether oxygens (including phenoxy) is 1. The molecular formula is C14H12Na2O5. The van der Waals surface area contributed by atoms with Gasteiger partial charge >= 0.3 is 71.1 Å². The summed E-state index contributed by atoms with van der Waals surface area (Å²) in [5.74, 6) is -2.30. The number of carboxylic acids is 1. The van der Waals surface area contributed by atoms with Crippen LogP contribution in [0.25, 0.3) is 0 Å². The maximum Gasteiger partial charge on any atom is 1.00 e. The molecule has 0 aliphatic rings. The number of hydrogen-bond acceptors (Lipinski definition) is 4. The number of aromatic hydroxyl groups is 1. The van der Waals surface area contributed by atoms with Crippen LogP contribution in [-0.4, -0.2) is 22.2 Å². The van der Waals surface area contributed by atoms with Gasteiger partial charge in [-0.25, -0.2) is 9.59 Å². The molecule has 0 aromatic heterocycles. The normalized spacial score (nSPS) is 8.95. The third-order valence-electron chi connectivity index (χ3n) is 2.44. The summed E-state index contributed by atoms with van der Waals surface area (Å²) in [7, 11) is 0. The fourth-order valence-corrected chi connectivity index (χ4v) is 1.53. The second-order valence-electron chi connectivity index (χ2n) is 3.71. The standard InChI is InChI=1S/C14H10O5.2Na.2H/c15-11-7-3-1-5-9(11)14(18)19-12-8-4-2-6-10(12)13(16)17;;;;/h1-8,15H,(H,16,17);;;;/q;2*+1;2*-1. The Kier molecular flexibility index (Phi) is 8.89. The molecule has 0 heterocycles. The van der Waals surface area contributed by atoms with Gasteiger partial charge in [-0.1, -0.05) is 24.3 Å². The molecule has 2 N–H and O–H groups in total. The van der Waals surface area contributed by atoms with Gasteiger partial charge in [-0.2, -0.15) is 0 Å². The van der Waals surface area contributed by atoms with Crippen LogP contribution in [0, 0.1) is 0 Å². The summed E-state index contributed by atoms with van der Waals surface area (Å²) in [5, 5.41) is 18.5. The Hall–Kier alpha value is -0.820. The summed E-state index contributed by atoms with van der Waals surface area (Å²) in [6, 6.07) is 11.7. The summed E-state index contributed by atoms with van der Waals surface area (Å²) in [4.78, 5) is 22.8. The molecule has 2 aromatic carbocycles. The minimum atomic E-state index is -1.19. The van der Waals surface area contributed by atoms with Crippen molar-refractivity contribution in [3.8, 4) is 11.5 Å². The number of esters is 1. The quantitative estimate of drug-likeness (QED) is 0.350. The number of benzene rings is 2. The maximum absolute atomic E-state index is 11.8. The number of carboxylic acid groups (broad SMARTS) is 1. The van der Waals surface area contributed by atoms with Crippen molar-refractivity contribution < 1.29 is 86.5 Å². The van der Waals surface area contributed by atoms with Gasteiger partial charge in [-0.15, -0.1) is 0 Å². The minimum Gasteiger partial charge on any atom is -1.00 e. The average Bonchev–Trinajstić information content (AvgIpc) is 2.39. The van der Waals surface area contributed by atoms with Crippen molar-refractivity contribution in [1.29, 1.82) is 0 Å².